The van der Waals surface area contributed by atoms with Gasteiger partial charge in [0.05, 0.1) is 11.8 Å². The SMILES string of the molecule is CCN(C(=O)c1cncc(F)c1)C1CCCC1CN. The molecular formula is C14H20FN3O. The molecule has 1 aliphatic carbocycles. The third kappa shape index (κ3) is 2.92. The number of halogens is 1. The fraction of sp³-hybridized carbons (Fsp3) is 0.571. The maximum absolute atomic E-state index is 13.2. The Morgan fingerprint density at radius 3 is 2.95 bits per heavy atom. The van der Waals surface area contributed by atoms with E-state index in [2.05, 4.69) is 4.98 Å². The van der Waals surface area contributed by atoms with Crippen molar-refractivity contribution < 1.29 is 9.18 Å². The molecule has 2 N–H and O–H groups in total. The largest absolute Gasteiger partial charge is 0.336 e. The first kappa shape index (κ1) is 13.9. The molecule has 2 unspecified atom stereocenters. The number of nitrogens with zero attached hydrogens (tertiary/aromatic N) is 2. The second kappa shape index (κ2) is 6.10. The van der Waals surface area contributed by atoms with E-state index in [-0.39, 0.29) is 11.9 Å². The first-order chi connectivity index (χ1) is 9.17. The standard InChI is InChI=1S/C14H20FN3O/c1-2-18(13-5-3-4-10(13)7-16)14(19)11-6-12(15)9-17-8-11/h6,8-10,13H,2-5,7,16H2,1H3. The molecule has 1 heterocycles. The van der Waals surface area contributed by atoms with Crippen LogP contribution in [0.25, 0.3) is 0 Å². The minimum atomic E-state index is -0.483. The van der Waals surface area contributed by atoms with Crippen molar-refractivity contribution in [2.24, 2.45) is 11.7 Å². The van der Waals surface area contributed by atoms with Crippen LogP contribution in [0.15, 0.2) is 18.5 Å². The number of hydrogen-bond donors (Lipinski definition) is 1. The zero-order chi connectivity index (χ0) is 13.8. The van der Waals surface area contributed by atoms with E-state index in [0.717, 1.165) is 25.5 Å². The molecule has 1 aromatic heterocycles. The van der Waals surface area contributed by atoms with Crippen LogP contribution in [0.3, 0.4) is 0 Å². The van der Waals surface area contributed by atoms with Gasteiger partial charge >= 0.3 is 0 Å². The van der Waals surface area contributed by atoms with Crippen LogP contribution in [-0.2, 0) is 0 Å². The van der Waals surface area contributed by atoms with Gasteiger partial charge in [-0.15, -0.1) is 0 Å². The molecule has 1 aliphatic rings. The number of hydrogen-bond acceptors (Lipinski definition) is 3. The molecule has 1 fully saturated rings. The number of carbonyl (C=O) groups excluding carboxylic acids is 1. The van der Waals surface area contributed by atoms with Gasteiger partial charge in [-0.1, -0.05) is 6.42 Å². The number of rotatable bonds is 4. The van der Waals surface area contributed by atoms with Crippen LogP contribution in [0.5, 0.6) is 0 Å². The Hall–Kier alpha value is -1.49. The monoisotopic (exact) mass is 265 g/mol. The van der Waals surface area contributed by atoms with Gasteiger partial charge in [-0.25, -0.2) is 4.39 Å². The Morgan fingerprint density at radius 1 is 1.53 bits per heavy atom. The lowest BCUT2D eigenvalue weighted by Gasteiger charge is -2.31. The van der Waals surface area contributed by atoms with E-state index in [1.807, 2.05) is 6.92 Å². The summed E-state index contributed by atoms with van der Waals surface area (Å²) in [4.78, 5) is 18.0. The van der Waals surface area contributed by atoms with E-state index in [9.17, 15) is 9.18 Å². The lowest BCUT2D eigenvalue weighted by atomic mass is 10.0. The number of aromatic nitrogens is 1. The molecule has 0 radical (unpaired) electrons. The van der Waals surface area contributed by atoms with Crippen LogP contribution < -0.4 is 5.73 Å². The zero-order valence-corrected chi connectivity index (χ0v) is 11.2. The summed E-state index contributed by atoms with van der Waals surface area (Å²) < 4.78 is 13.2. The number of pyridine rings is 1. The molecule has 2 rings (SSSR count). The van der Waals surface area contributed by atoms with E-state index in [1.165, 1.54) is 12.3 Å². The second-order valence-electron chi connectivity index (χ2n) is 4.98. The van der Waals surface area contributed by atoms with Crippen molar-refractivity contribution in [1.82, 2.24) is 9.88 Å². The first-order valence-corrected chi connectivity index (χ1v) is 6.79. The molecule has 19 heavy (non-hydrogen) atoms. The minimum absolute atomic E-state index is 0.153. The van der Waals surface area contributed by atoms with E-state index in [0.29, 0.717) is 24.6 Å². The summed E-state index contributed by atoms with van der Waals surface area (Å²) in [7, 11) is 0. The molecule has 1 aromatic rings. The molecule has 104 valence electrons. The predicted molar refractivity (Wildman–Crippen MR) is 71.1 cm³/mol. The summed E-state index contributed by atoms with van der Waals surface area (Å²) in [6, 6.07) is 1.41. The Balaban J connectivity index is 2.19. The van der Waals surface area contributed by atoms with E-state index in [4.69, 9.17) is 5.73 Å². The van der Waals surface area contributed by atoms with Crippen molar-refractivity contribution in [3.8, 4) is 0 Å². The van der Waals surface area contributed by atoms with Gasteiger partial charge in [0.1, 0.15) is 5.82 Å². The van der Waals surface area contributed by atoms with E-state index >= 15 is 0 Å². The highest BCUT2D eigenvalue weighted by molar-refractivity contribution is 5.94. The highest BCUT2D eigenvalue weighted by atomic mass is 19.1. The van der Waals surface area contributed by atoms with E-state index < -0.39 is 5.82 Å². The lowest BCUT2D eigenvalue weighted by Crippen LogP contribution is -2.44. The summed E-state index contributed by atoms with van der Waals surface area (Å²) in [5.74, 6) is -0.283. The van der Waals surface area contributed by atoms with Crippen LogP contribution in [0.4, 0.5) is 4.39 Å². The Morgan fingerprint density at radius 2 is 2.32 bits per heavy atom. The molecule has 2 atom stereocenters. The molecule has 0 saturated heterocycles. The second-order valence-corrected chi connectivity index (χ2v) is 4.98. The summed E-state index contributed by atoms with van der Waals surface area (Å²) in [6.45, 7) is 3.14. The molecular weight excluding hydrogens is 245 g/mol. The highest BCUT2D eigenvalue weighted by Crippen LogP contribution is 2.30. The molecule has 0 aromatic carbocycles. The predicted octanol–water partition coefficient (Wildman–Crippen LogP) is 1.81. The maximum atomic E-state index is 13.2. The number of nitrogens with two attached hydrogens (primary N) is 1. The normalized spacial score (nSPS) is 22.5. The summed E-state index contributed by atoms with van der Waals surface area (Å²) in [6.07, 6.45) is 5.65. The third-order valence-corrected chi connectivity index (χ3v) is 3.88. The quantitative estimate of drug-likeness (QED) is 0.903. The van der Waals surface area contributed by atoms with Crippen molar-refractivity contribution >= 4 is 5.91 Å². The Bertz CT molecular complexity index is 452. The van der Waals surface area contributed by atoms with Gasteiger partial charge in [0.2, 0.25) is 0 Å². The minimum Gasteiger partial charge on any atom is -0.336 e. The molecule has 4 nitrogen and oxygen atoms in total. The fourth-order valence-corrected chi connectivity index (χ4v) is 2.93. The van der Waals surface area contributed by atoms with Crippen LogP contribution in [0.1, 0.15) is 36.5 Å². The van der Waals surface area contributed by atoms with Gasteiger partial charge < -0.3 is 10.6 Å². The van der Waals surface area contributed by atoms with Crippen molar-refractivity contribution in [2.45, 2.75) is 32.2 Å². The van der Waals surface area contributed by atoms with Crippen LogP contribution in [0.2, 0.25) is 0 Å². The van der Waals surface area contributed by atoms with Gasteiger partial charge in [0.15, 0.2) is 0 Å². The molecule has 0 bridgehead atoms. The maximum Gasteiger partial charge on any atom is 0.255 e. The summed E-state index contributed by atoms with van der Waals surface area (Å²) in [5, 5.41) is 0. The van der Waals surface area contributed by atoms with Crippen LogP contribution >= 0.6 is 0 Å². The van der Waals surface area contributed by atoms with Gasteiger partial charge in [0, 0.05) is 18.8 Å². The lowest BCUT2D eigenvalue weighted by molar-refractivity contribution is 0.0651. The topological polar surface area (TPSA) is 59.2 Å². The van der Waals surface area contributed by atoms with Gasteiger partial charge in [0.25, 0.3) is 5.91 Å². The van der Waals surface area contributed by atoms with Crippen LogP contribution in [0, 0.1) is 11.7 Å². The molecule has 0 spiro atoms. The van der Waals surface area contributed by atoms with Gasteiger partial charge in [-0.2, -0.15) is 0 Å². The molecule has 5 heteroatoms. The highest BCUT2D eigenvalue weighted by Gasteiger charge is 2.33. The Labute approximate surface area is 112 Å². The van der Waals surface area contributed by atoms with Gasteiger partial charge in [-0.3, -0.25) is 9.78 Å². The van der Waals surface area contributed by atoms with Crippen molar-refractivity contribution in [1.29, 1.82) is 0 Å². The van der Waals surface area contributed by atoms with Gasteiger partial charge in [-0.05, 0) is 38.3 Å². The smallest absolute Gasteiger partial charge is 0.255 e. The summed E-state index contributed by atoms with van der Waals surface area (Å²) >= 11 is 0. The van der Waals surface area contributed by atoms with Crippen molar-refractivity contribution in [3.63, 3.8) is 0 Å². The number of carbonyl (C=O) groups is 1. The van der Waals surface area contributed by atoms with E-state index in [1.54, 1.807) is 4.90 Å². The summed E-state index contributed by atoms with van der Waals surface area (Å²) in [5.41, 5.74) is 6.08. The number of amides is 1. The van der Waals surface area contributed by atoms with Crippen LogP contribution in [-0.4, -0.2) is 34.9 Å². The fourth-order valence-electron chi connectivity index (χ4n) is 2.93. The molecule has 0 aliphatic heterocycles. The average molecular weight is 265 g/mol. The Kier molecular flexibility index (Phi) is 4.47. The average Bonchev–Trinajstić information content (AvgIpc) is 2.88. The zero-order valence-electron chi connectivity index (χ0n) is 11.2. The third-order valence-electron chi connectivity index (χ3n) is 3.88. The molecule has 1 saturated carbocycles. The molecule has 1 amide bonds. The van der Waals surface area contributed by atoms with Crippen molar-refractivity contribution in [3.05, 3.63) is 29.8 Å². The van der Waals surface area contributed by atoms with Crippen molar-refractivity contribution in [2.75, 3.05) is 13.1 Å². The first-order valence-electron chi connectivity index (χ1n) is 6.79.